The van der Waals surface area contributed by atoms with Crippen molar-refractivity contribution in [2.45, 2.75) is 64.6 Å². The zero-order valence-corrected chi connectivity index (χ0v) is 14.8. The van der Waals surface area contributed by atoms with Crippen LogP contribution in [0.2, 0.25) is 0 Å². The van der Waals surface area contributed by atoms with Crippen molar-refractivity contribution in [1.29, 1.82) is 0 Å². The number of cyclic esters (lactones) is 1. The largest absolute Gasteiger partial charge is 0.465 e. The molecular weight excluding hydrogens is 304 g/mol. The molecular formula is C20H30O4. The van der Waals surface area contributed by atoms with E-state index in [-0.39, 0.29) is 34.6 Å². The van der Waals surface area contributed by atoms with E-state index in [1.165, 1.54) is 0 Å². The molecule has 4 nitrogen and oxygen atoms in total. The molecule has 0 amide bonds. The molecule has 0 radical (unpaired) electrons. The molecule has 24 heavy (non-hydrogen) atoms. The maximum Gasteiger partial charge on any atom is 0.315 e. The van der Waals surface area contributed by atoms with E-state index in [0.29, 0.717) is 19.4 Å². The van der Waals surface area contributed by atoms with Crippen LogP contribution in [0.1, 0.15) is 52.4 Å². The number of rotatable bonds is 2. The summed E-state index contributed by atoms with van der Waals surface area (Å²) in [6.07, 6.45) is 5.77. The molecule has 3 saturated carbocycles. The van der Waals surface area contributed by atoms with Crippen molar-refractivity contribution < 1.29 is 19.7 Å². The van der Waals surface area contributed by atoms with Crippen LogP contribution in [0.4, 0.5) is 0 Å². The highest BCUT2D eigenvalue weighted by atomic mass is 16.5. The smallest absolute Gasteiger partial charge is 0.315 e. The number of aliphatic hydroxyl groups excluding tert-OH is 2. The number of carbonyl (C=O) groups is 1. The van der Waals surface area contributed by atoms with Crippen LogP contribution >= 0.6 is 0 Å². The van der Waals surface area contributed by atoms with Gasteiger partial charge in [-0.2, -0.15) is 0 Å². The summed E-state index contributed by atoms with van der Waals surface area (Å²) in [5.41, 5.74) is -1.22. The lowest BCUT2D eigenvalue weighted by atomic mass is 9.51. The van der Waals surface area contributed by atoms with E-state index < -0.39 is 17.6 Å². The second-order valence-electron chi connectivity index (χ2n) is 9.49. The highest BCUT2D eigenvalue weighted by Gasteiger charge is 2.78. The van der Waals surface area contributed by atoms with E-state index in [2.05, 4.69) is 20.4 Å². The van der Waals surface area contributed by atoms with Crippen molar-refractivity contribution in [3.8, 4) is 0 Å². The van der Waals surface area contributed by atoms with Crippen LogP contribution in [0.25, 0.3) is 0 Å². The van der Waals surface area contributed by atoms with Crippen LogP contribution in [-0.4, -0.2) is 35.0 Å². The van der Waals surface area contributed by atoms with Gasteiger partial charge in [0, 0.05) is 17.3 Å². The maximum absolute atomic E-state index is 12.9. The summed E-state index contributed by atoms with van der Waals surface area (Å²) in [7, 11) is 0. The quantitative estimate of drug-likeness (QED) is 0.602. The summed E-state index contributed by atoms with van der Waals surface area (Å²) in [4.78, 5) is 12.9. The van der Waals surface area contributed by atoms with Gasteiger partial charge in [-0.05, 0) is 43.4 Å². The van der Waals surface area contributed by atoms with Gasteiger partial charge in [-0.25, -0.2) is 0 Å². The molecule has 1 spiro atoms. The predicted octanol–water partition coefficient (Wildman–Crippen LogP) is 2.68. The average molecular weight is 334 g/mol. The van der Waals surface area contributed by atoms with E-state index in [0.717, 1.165) is 25.7 Å². The molecule has 1 saturated heterocycles. The Labute approximate surface area is 144 Å². The lowest BCUT2D eigenvalue weighted by molar-refractivity contribution is -0.206. The van der Waals surface area contributed by atoms with Crippen LogP contribution in [0.3, 0.4) is 0 Å². The fourth-order valence-electron chi connectivity index (χ4n) is 7.39. The Balaban J connectivity index is 1.87. The monoisotopic (exact) mass is 334 g/mol. The van der Waals surface area contributed by atoms with Crippen molar-refractivity contribution in [1.82, 2.24) is 0 Å². The molecule has 134 valence electrons. The van der Waals surface area contributed by atoms with Gasteiger partial charge in [0.15, 0.2) is 0 Å². The Kier molecular flexibility index (Phi) is 3.51. The van der Waals surface area contributed by atoms with Gasteiger partial charge in [-0.1, -0.05) is 26.3 Å². The first-order valence-corrected chi connectivity index (χ1v) is 9.44. The van der Waals surface area contributed by atoms with Crippen molar-refractivity contribution in [3.05, 3.63) is 12.7 Å². The zero-order chi connectivity index (χ0) is 17.3. The summed E-state index contributed by atoms with van der Waals surface area (Å²) < 4.78 is 5.69. The van der Waals surface area contributed by atoms with E-state index in [9.17, 15) is 15.0 Å². The summed E-state index contributed by atoms with van der Waals surface area (Å²) in [6, 6.07) is 0. The van der Waals surface area contributed by atoms with Gasteiger partial charge in [-0.15, -0.1) is 6.58 Å². The summed E-state index contributed by atoms with van der Waals surface area (Å²) in [5.74, 6) is -0.225. The number of allylic oxidation sites excluding steroid dienone is 1. The Hall–Kier alpha value is -0.870. The van der Waals surface area contributed by atoms with Crippen LogP contribution in [0.5, 0.6) is 0 Å². The Bertz CT molecular complexity index is 570. The van der Waals surface area contributed by atoms with Gasteiger partial charge < -0.3 is 14.9 Å². The molecule has 2 N–H and O–H groups in total. The van der Waals surface area contributed by atoms with Gasteiger partial charge in [0.25, 0.3) is 0 Å². The second-order valence-corrected chi connectivity index (χ2v) is 9.49. The molecule has 1 aliphatic heterocycles. The molecule has 4 heteroatoms. The topological polar surface area (TPSA) is 66.8 Å². The summed E-state index contributed by atoms with van der Waals surface area (Å²) in [6.45, 7) is 8.61. The van der Waals surface area contributed by atoms with Crippen molar-refractivity contribution >= 4 is 5.97 Å². The molecule has 4 aliphatic rings. The zero-order valence-electron chi connectivity index (χ0n) is 14.8. The molecule has 4 rings (SSSR count). The number of carbonyl (C=O) groups excluding carboxylic acids is 1. The fraction of sp³-hybridized carbons (Fsp3) is 0.850. The molecule has 0 aromatic heterocycles. The Morgan fingerprint density at radius 3 is 2.75 bits per heavy atom. The van der Waals surface area contributed by atoms with Crippen molar-refractivity contribution in [2.24, 2.45) is 34.0 Å². The third-order valence-electron chi connectivity index (χ3n) is 7.88. The molecule has 7 atom stereocenters. The third kappa shape index (κ3) is 1.79. The lowest BCUT2D eigenvalue weighted by Crippen LogP contribution is -2.60. The number of hydrogen-bond acceptors (Lipinski definition) is 4. The van der Waals surface area contributed by atoms with E-state index >= 15 is 0 Å². The standard InChI is InChI=1S/C20H30O4/c1-4-6-12-9-13(21)14-19-8-5-7-18(2,3)15(19)16(22)20(14,10-12)17(23)24-11-19/h4,12-16,21-22H,1,5-11H2,2-3H3/t12-,13-,14+,15-,16+,19+,20+/m1/s1. The second kappa shape index (κ2) is 5.07. The van der Waals surface area contributed by atoms with Gasteiger partial charge >= 0.3 is 5.97 Å². The van der Waals surface area contributed by atoms with Gasteiger partial charge in [0.2, 0.25) is 0 Å². The van der Waals surface area contributed by atoms with Crippen molar-refractivity contribution in [2.75, 3.05) is 6.61 Å². The predicted molar refractivity (Wildman–Crippen MR) is 90.0 cm³/mol. The number of esters is 1. The van der Waals surface area contributed by atoms with Crippen LogP contribution in [0.15, 0.2) is 12.7 Å². The minimum atomic E-state index is -0.921. The normalized spacial score (nSPS) is 52.2. The highest BCUT2D eigenvalue weighted by molar-refractivity contribution is 5.81. The lowest BCUT2D eigenvalue weighted by Gasteiger charge is -2.55. The highest BCUT2D eigenvalue weighted by Crippen LogP contribution is 2.73. The van der Waals surface area contributed by atoms with Gasteiger partial charge in [-0.3, -0.25) is 4.79 Å². The molecule has 3 aliphatic carbocycles. The van der Waals surface area contributed by atoms with Gasteiger partial charge in [0.05, 0.1) is 18.8 Å². The molecule has 0 unspecified atom stereocenters. The van der Waals surface area contributed by atoms with Gasteiger partial charge in [0.1, 0.15) is 5.41 Å². The molecule has 2 bridgehead atoms. The van der Waals surface area contributed by atoms with E-state index in [1.54, 1.807) is 0 Å². The van der Waals surface area contributed by atoms with Crippen LogP contribution in [-0.2, 0) is 9.53 Å². The summed E-state index contributed by atoms with van der Waals surface area (Å²) in [5, 5.41) is 22.5. The van der Waals surface area contributed by atoms with Crippen molar-refractivity contribution in [3.63, 3.8) is 0 Å². The Morgan fingerprint density at radius 1 is 1.29 bits per heavy atom. The first kappa shape index (κ1) is 16.6. The first-order chi connectivity index (χ1) is 11.3. The summed E-state index contributed by atoms with van der Waals surface area (Å²) >= 11 is 0. The molecule has 0 aromatic carbocycles. The van der Waals surface area contributed by atoms with Crippen LogP contribution < -0.4 is 0 Å². The minimum Gasteiger partial charge on any atom is -0.465 e. The first-order valence-electron chi connectivity index (χ1n) is 9.44. The third-order valence-corrected chi connectivity index (χ3v) is 7.88. The maximum atomic E-state index is 12.9. The van der Waals surface area contributed by atoms with Crippen LogP contribution in [0, 0.1) is 34.0 Å². The molecule has 1 heterocycles. The van der Waals surface area contributed by atoms with E-state index in [4.69, 9.17) is 4.74 Å². The molecule has 4 fully saturated rings. The number of aliphatic hydroxyl groups is 2. The minimum absolute atomic E-state index is 0.0207. The molecule has 0 aromatic rings. The average Bonchev–Trinajstić information content (AvgIpc) is 2.68. The van der Waals surface area contributed by atoms with E-state index in [1.807, 2.05) is 6.08 Å². The fourth-order valence-corrected chi connectivity index (χ4v) is 7.39. The SMILES string of the molecule is C=CC[C@@H]1C[C@@H](O)[C@H]2[C@@]34CCCC(C)(C)[C@H]3[C@H](O)[C@@]2(C1)C(=O)OC4. The number of ether oxygens (including phenoxy) is 1. The number of hydrogen-bond donors (Lipinski definition) is 2. The Morgan fingerprint density at radius 2 is 2.04 bits per heavy atom.